The normalized spacial score (nSPS) is 10.8. The van der Waals surface area contributed by atoms with Crippen LogP contribution >= 0.6 is 0 Å². The molecule has 0 aromatic heterocycles. The zero-order chi connectivity index (χ0) is 12.9. The Kier molecular flexibility index (Phi) is 10.0. The Balaban J connectivity index is 3.58. The summed E-state index contributed by atoms with van der Waals surface area (Å²) in [4.78, 5) is 11.3. The molecule has 0 rings (SSSR count). The van der Waals surface area contributed by atoms with Crippen molar-refractivity contribution in [2.75, 3.05) is 13.7 Å². The van der Waals surface area contributed by atoms with Crippen LogP contribution in [-0.4, -0.2) is 19.6 Å². The van der Waals surface area contributed by atoms with E-state index in [0.717, 1.165) is 12.8 Å². The Labute approximate surface area is 104 Å². The van der Waals surface area contributed by atoms with Crippen molar-refractivity contribution in [3.05, 3.63) is 11.8 Å². The van der Waals surface area contributed by atoms with Gasteiger partial charge in [-0.05, 0) is 6.42 Å². The van der Waals surface area contributed by atoms with Crippen LogP contribution in [0.2, 0.25) is 0 Å². The first-order chi connectivity index (χ1) is 8.26. The molecule has 0 heterocycles. The van der Waals surface area contributed by atoms with E-state index < -0.39 is 5.97 Å². The van der Waals surface area contributed by atoms with E-state index in [-0.39, 0.29) is 5.57 Å². The standard InChI is InChI=1S/C13H22N2O2/c1-3-4-5-6-7-8-9-17-13(16)12(10-14)11-15-2/h11,15H,3-9H2,1-2H3/b12-11+. The topological polar surface area (TPSA) is 62.1 Å². The summed E-state index contributed by atoms with van der Waals surface area (Å²) in [5, 5.41) is 11.3. The molecule has 0 atom stereocenters. The van der Waals surface area contributed by atoms with Crippen LogP contribution in [0.1, 0.15) is 45.4 Å². The van der Waals surface area contributed by atoms with Crippen LogP contribution in [-0.2, 0) is 9.53 Å². The quantitative estimate of drug-likeness (QED) is 0.290. The molecular weight excluding hydrogens is 216 g/mol. The molecule has 0 aromatic carbocycles. The predicted molar refractivity (Wildman–Crippen MR) is 67.1 cm³/mol. The van der Waals surface area contributed by atoms with E-state index in [1.165, 1.54) is 31.9 Å². The summed E-state index contributed by atoms with van der Waals surface area (Å²) in [5.74, 6) is -0.546. The molecule has 0 saturated carbocycles. The molecule has 0 aliphatic heterocycles. The number of carbonyl (C=O) groups excluding carboxylic acids is 1. The highest BCUT2D eigenvalue weighted by Gasteiger charge is 2.09. The van der Waals surface area contributed by atoms with Crippen LogP contribution in [0.3, 0.4) is 0 Å². The highest BCUT2D eigenvalue weighted by molar-refractivity contribution is 5.92. The van der Waals surface area contributed by atoms with Gasteiger partial charge in [-0.15, -0.1) is 0 Å². The van der Waals surface area contributed by atoms with Gasteiger partial charge in [0.05, 0.1) is 6.61 Å². The van der Waals surface area contributed by atoms with Crippen molar-refractivity contribution in [2.24, 2.45) is 0 Å². The number of carbonyl (C=O) groups is 1. The Morgan fingerprint density at radius 2 is 1.94 bits per heavy atom. The molecule has 1 N–H and O–H groups in total. The lowest BCUT2D eigenvalue weighted by Gasteiger charge is -2.03. The molecule has 0 amide bonds. The van der Waals surface area contributed by atoms with Crippen molar-refractivity contribution in [3.63, 3.8) is 0 Å². The third kappa shape index (κ3) is 8.32. The van der Waals surface area contributed by atoms with Gasteiger partial charge in [0.25, 0.3) is 0 Å². The summed E-state index contributed by atoms with van der Waals surface area (Å²) in [7, 11) is 1.64. The van der Waals surface area contributed by atoms with Crippen molar-refractivity contribution in [1.82, 2.24) is 5.32 Å². The lowest BCUT2D eigenvalue weighted by Crippen LogP contribution is -2.10. The number of nitrogens with one attached hydrogen (secondary N) is 1. The predicted octanol–water partition coefficient (Wildman–Crippen LogP) is 2.52. The molecule has 4 heteroatoms. The average Bonchev–Trinajstić information content (AvgIpc) is 2.34. The Hall–Kier alpha value is -1.50. The third-order valence-electron chi connectivity index (χ3n) is 2.36. The Morgan fingerprint density at radius 1 is 1.29 bits per heavy atom. The highest BCUT2D eigenvalue weighted by Crippen LogP contribution is 2.05. The number of nitrogens with zero attached hydrogens (tertiary/aromatic N) is 1. The van der Waals surface area contributed by atoms with Crippen molar-refractivity contribution < 1.29 is 9.53 Å². The number of esters is 1. The van der Waals surface area contributed by atoms with E-state index in [0.29, 0.717) is 6.61 Å². The Bertz CT molecular complexity index is 280. The second-order valence-corrected chi connectivity index (χ2v) is 3.86. The fraction of sp³-hybridized carbons (Fsp3) is 0.692. The molecule has 17 heavy (non-hydrogen) atoms. The minimum absolute atomic E-state index is 0.0125. The molecule has 96 valence electrons. The molecule has 4 nitrogen and oxygen atoms in total. The molecule has 0 spiro atoms. The average molecular weight is 238 g/mol. The largest absolute Gasteiger partial charge is 0.462 e. The fourth-order valence-electron chi connectivity index (χ4n) is 1.41. The van der Waals surface area contributed by atoms with Crippen molar-refractivity contribution in [2.45, 2.75) is 45.4 Å². The first-order valence-corrected chi connectivity index (χ1v) is 6.20. The molecule has 0 fully saturated rings. The van der Waals surface area contributed by atoms with Crippen molar-refractivity contribution in [1.29, 1.82) is 5.26 Å². The lowest BCUT2D eigenvalue weighted by molar-refractivity contribution is -0.138. The zero-order valence-electron chi connectivity index (χ0n) is 10.8. The SMILES string of the molecule is CCCCCCCCOC(=O)/C(C#N)=C/NC. The number of hydrogen-bond acceptors (Lipinski definition) is 4. The van der Waals surface area contributed by atoms with Crippen LogP contribution in [0, 0.1) is 11.3 Å². The van der Waals surface area contributed by atoms with Gasteiger partial charge in [-0.25, -0.2) is 4.79 Å². The minimum Gasteiger partial charge on any atom is -0.462 e. The molecule has 0 radical (unpaired) electrons. The van der Waals surface area contributed by atoms with Crippen LogP contribution in [0.5, 0.6) is 0 Å². The summed E-state index contributed by atoms with van der Waals surface area (Å²) in [6.45, 7) is 2.58. The van der Waals surface area contributed by atoms with Gasteiger partial charge in [0, 0.05) is 13.2 Å². The maximum Gasteiger partial charge on any atom is 0.350 e. The van der Waals surface area contributed by atoms with Gasteiger partial charge in [-0.2, -0.15) is 5.26 Å². The van der Waals surface area contributed by atoms with E-state index >= 15 is 0 Å². The Morgan fingerprint density at radius 3 is 2.53 bits per heavy atom. The molecule has 0 aromatic rings. The summed E-state index contributed by atoms with van der Waals surface area (Å²) < 4.78 is 4.98. The number of hydrogen-bond donors (Lipinski definition) is 1. The second kappa shape index (κ2) is 11.0. The van der Waals surface area contributed by atoms with Crippen LogP contribution in [0.25, 0.3) is 0 Å². The minimum atomic E-state index is -0.546. The maximum absolute atomic E-state index is 11.3. The van der Waals surface area contributed by atoms with E-state index in [1.807, 2.05) is 0 Å². The van der Waals surface area contributed by atoms with Crippen molar-refractivity contribution >= 4 is 5.97 Å². The van der Waals surface area contributed by atoms with Crippen molar-refractivity contribution in [3.8, 4) is 6.07 Å². The number of nitriles is 1. The van der Waals surface area contributed by atoms with Gasteiger partial charge in [0.15, 0.2) is 5.57 Å². The monoisotopic (exact) mass is 238 g/mol. The van der Waals surface area contributed by atoms with Crippen LogP contribution in [0.15, 0.2) is 11.8 Å². The summed E-state index contributed by atoms with van der Waals surface area (Å²) in [6, 6.07) is 1.80. The van der Waals surface area contributed by atoms with Gasteiger partial charge < -0.3 is 10.1 Å². The maximum atomic E-state index is 11.3. The summed E-state index contributed by atoms with van der Waals surface area (Å²) in [6.07, 6.45) is 8.22. The molecule has 0 aliphatic rings. The summed E-state index contributed by atoms with van der Waals surface area (Å²) >= 11 is 0. The van der Waals surface area contributed by atoms with Gasteiger partial charge >= 0.3 is 5.97 Å². The second-order valence-electron chi connectivity index (χ2n) is 3.86. The molecule has 0 saturated heterocycles. The first-order valence-electron chi connectivity index (χ1n) is 6.20. The molecule has 0 unspecified atom stereocenters. The highest BCUT2D eigenvalue weighted by atomic mass is 16.5. The number of unbranched alkanes of at least 4 members (excludes halogenated alkanes) is 5. The van der Waals surface area contributed by atoms with E-state index in [2.05, 4.69) is 12.2 Å². The van der Waals surface area contributed by atoms with E-state index in [4.69, 9.17) is 10.00 Å². The lowest BCUT2D eigenvalue weighted by atomic mass is 10.1. The van der Waals surface area contributed by atoms with Gasteiger partial charge in [0.1, 0.15) is 6.07 Å². The van der Waals surface area contributed by atoms with Gasteiger partial charge in [0.2, 0.25) is 0 Å². The van der Waals surface area contributed by atoms with Crippen LogP contribution in [0.4, 0.5) is 0 Å². The fourth-order valence-corrected chi connectivity index (χ4v) is 1.41. The number of rotatable bonds is 9. The number of ether oxygens (including phenoxy) is 1. The third-order valence-corrected chi connectivity index (χ3v) is 2.36. The molecular formula is C13H22N2O2. The smallest absolute Gasteiger partial charge is 0.350 e. The van der Waals surface area contributed by atoms with Gasteiger partial charge in [-0.1, -0.05) is 39.0 Å². The van der Waals surface area contributed by atoms with Crippen LogP contribution < -0.4 is 5.32 Å². The van der Waals surface area contributed by atoms with Gasteiger partial charge in [-0.3, -0.25) is 0 Å². The zero-order valence-corrected chi connectivity index (χ0v) is 10.8. The first kappa shape index (κ1) is 15.5. The molecule has 0 aliphatic carbocycles. The molecule has 0 bridgehead atoms. The van der Waals surface area contributed by atoms with E-state index in [1.54, 1.807) is 13.1 Å². The summed E-state index contributed by atoms with van der Waals surface area (Å²) in [5.41, 5.74) is 0.0125. The van der Waals surface area contributed by atoms with E-state index in [9.17, 15) is 4.79 Å².